The Hall–Kier alpha value is -1.82. The Balaban J connectivity index is 1.69. The van der Waals surface area contributed by atoms with E-state index in [-0.39, 0.29) is 0 Å². The monoisotopic (exact) mass is 331 g/mol. The zero-order valence-corrected chi connectivity index (χ0v) is 15.9. The highest BCUT2D eigenvalue weighted by Gasteiger charge is 2.21. The van der Waals surface area contributed by atoms with Crippen molar-refractivity contribution in [2.45, 2.75) is 65.2 Å². The Kier molecular flexibility index (Phi) is 6.50. The quantitative estimate of drug-likeness (QED) is 0.415. The highest BCUT2D eigenvalue weighted by atomic mass is 14.3. The summed E-state index contributed by atoms with van der Waals surface area (Å²) in [5.41, 5.74) is 8.51. The van der Waals surface area contributed by atoms with Crippen LogP contribution >= 0.6 is 0 Å². The van der Waals surface area contributed by atoms with Gasteiger partial charge < -0.3 is 0 Å². The maximum atomic E-state index is 2.39. The largest absolute Gasteiger partial charge is 0.0654 e. The molecule has 0 N–H and O–H groups in total. The zero-order valence-electron chi connectivity index (χ0n) is 15.9. The van der Waals surface area contributed by atoms with Crippen LogP contribution < -0.4 is 0 Å². The highest BCUT2D eigenvalue weighted by molar-refractivity contribution is 6.02. The first-order chi connectivity index (χ1) is 12.3. The molecule has 0 bridgehead atoms. The van der Waals surface area contributed by atoms with E-state index in [9.17, 15) is 0 Å². The molecule has 0 aliphatic heterocycles. The van der Waals surface area contributed by atoms with Gasteiger partial charge in [-0.1, -0.05) is 99.5 Å². The Morgan fingerprint density at radius 3 is 2.16 bits per heavy atom. The van der Waals surface area contributed by atoms with Crippen molar-refractivity contribution >= 4 is 11.1 Å². The van der Waals surface area contributed by atoms with E-state index in [4.69, 9.17) is 0 Å². The SMILES string of the molecule is CCCCCCCCCC1=C(c2ccc(C)cc2)[CH]c2ccccc21. The fourth-order valence-electron chi connectivity index (χ4n) is 3.80. The summed E-state index contributed by atoms with van der Waals surface area (Å²) in [6.07, 6.45) is 13.2. The van der Waals surface area contributed by atoms with Gasteiger partial charge in [0, 0.05) is 6.42 Å². The first kappa shape index (κ1) is 18.0. The second-order valence-corrected chi connectivity index (χ2v) is 7.36. The van der Waals surface area contributed by atoms with Crippen molar-refractivity contribution in [3.05, 3.63) is 77.2 Å². The standard InChI is InChI=1S/C25H31/c1-3-4-5-6-7-8-9-14-24-23-13-11-10-12-22(23)19-25(24)21-17-15-20(2)16-18-21/h10-13,15-19H,3-9,14H2,1-2H3. The van der Waals surface area contributed by atoms with Gasteiger partial charge in [-0.15, -0.1) is 0 Å². The topological polar surface area (TPSA) is 0 Å². The molecular weight excluding hydrogens is 300 g/mol. The van der Waals surface area contributed by atoms with Crippen LogP contribution in [0.15, 0.2) is 48.5 Å². The third kappa shape index (κ3) is 4.63. The first-order valence-electron chi connectivity index (χ1n) is 10.0. The van der Waals surface area contributed by atoms with Crippen LogP contribution in [0.4, 0.5) is 0 Å². The molecule has 0 atom stereocenters. The predicted molar refractivity (Wildman–Crippen MR) is 110 cm³/mol. The van der Waals surface area contributed by atoms with Gasteiger partial charge in [-0.2, -0.15) is 0 Å². The maximum absolute atomic E-state index is 2.39. The van der Waals surface area contributed by atoms with Crippen LogP contribution in [-0.2, 0) is 0 Å². The van der Waals surface area contributed by atoms with Gasteiger partial charge in [-0.05, 0) is 47.6 Å². The summed E-state index contributed by atoms with van der Waals surface area (Å²) in [4.78, 5) is 0. The summed E-state index contributed by atoms with van der Waals surface area (Å²) in [7, 11) is 0. The molecule has 1 aliphatic carbocycles. The molecule has 1 aliphatic rings. The van der Waals surface area contributed by atoms with Crippen molar-refractivity contribution in [3.63, 3.8) is 0 Å². The van der Waals surface area contributed by atoms with E-state index in [1.165, 1.54) is 79.2 Å². The summed E-state index contributed by atoms with van der Waals surface area (Å²) < 4.78 is 0. The number of allylic oxidation sites excluding steroid dienone is 2. The lowest BCUT2D eigenvalue weighted by molar-refractivity contribution is 0.594. The zero-order chi connectivity index (χ0) is 17.5. The lowest BCUT2D eigenvalue weighted by atomic mass is 9.95. The summed E-state index contributed by atoms with van der Waals surface area (Å²) in [6.45, 7) is 4.44. The number of fused-ring (bicyclic) bond motifs is 1. The number of aryl methyl sites for hydroxylation is 1. The second kappa shape index (κ2) is 9.04. The molecule has 2 aromatic rings. The van der Waals surface area contributed by atoms with Gasteiger partial charge in [-0.3, -0.25) is 0 Å². The third-order valence-electron chi connectivity index (χ3n) is 5.30. The van der Waals surface area contributed by atoms with Crippen LogP contribution in [0.2, 0.25) is 0 Å². The minimum absolute atomic E-state index is 1.20. The number of benzene rings is 2. The van der Waals surface area contributed by atoms with Crippen LogP contribution in [0.25, 0.3) is 11.1 Å². The van der Waals surface area contributed by atoms with E-state index in [0.29, 0.717) is 0 Å². The van der Waals surface area contributed by atoms with E-state index < -0.39 is 0 Å². The van der Waals surface area contributed by atoms with Crippen LogP contribution in [-0.4, -0.2) is 0 Å². The van der Waals surface area contributed by atoms with E-state index in [1.54, 1.807) is 5.57 Å². The van der Waals surface area contributed by atoms with Crippen LogP contribution in [0.5, 0.6) is 0 Å². The van der Waals surface area contributed by atoms with E-state index >= 15 is 0 Å². The Bertz CT molecular complexity index is 703. The second-order valence-electron chi connectivity index (χ2n) is 7.36. The van der Waals surface area contributed by atoms with Gasteiger partial charge in [0.15, 0.2) is 0 Å². The lowest BCUT2D eigenvalue weighted by Gasteiger charge is -2.10. The molecular formula is C25H31. The van der Waals surface area contributed by atoms with Gasteiger partial charge in [0.2, 0.25) is 0 Å². The third-order valence-corrected chi connectivity index (χ3v) is 5.30. The van der Waals surface area contributed by atoms with Gasteiger partial charge in [-0.25, -0.2) is 0 Å². The summed E-state index contributed by atoms with van der Waals surface area (Å²) in [5, 5.41) is 0. The Labute approximate surface area is 154 Å². The molecule has 2 aromatic carbocycles. The molecule has 131 valence electrons. The minimum Gasteiger partial charge on any atom is -0.0654 e. The van der Waals surface area contributed by atoms with Crippen molar-refractivity contribution < 1.29 is 0 Å². The normalized spacial score (nSPS) is 13.4. The van der Waals surface area contributed by atoms with Crippen LogP contribution in [0, 0.1) is 13.3 Å². The van der Waals surface area contributed by atoms with Crippen molar-refractivity contribution in [2.75, 3.05) is 0 Å². The summed E-state index contributed by atoms with van der Waals surface area (Å²) in [5.74, 6) is 0. The molecule has 25 heavy (non-hydrogen) atoms. The number of rotatable bonds is 9. The molecule has 0 amide bonds. The summed E-state index contributed by atoms with van der Waals surface area (Å²) in [6, 6.07) is 17.9. The van der Waals surface area contributed by atoms with Crippen molar-refractivity contribution in [2.24, 2.45) is 0 Å². The molecule has 3 rings (SSSR count). The van der Waals surface area contributed by atoms with E-state index in [2.05, 4.69) is 68.8 Å². The van der Waals surface area contributed by atoms with Gasteiger partial charge in [0.25, 0.3) is 0 Å². The molecule has 0 saturated heterocycles. The van der Waals surface area contributed by atoms with E-state index in [1.807, 2.05) is 0 Å². The average Bonchev–Trinajstić information content (AvgIpc) is 3.00. The minimum atomic E-state index is 1.20. The highest BCUT2D eigenvalue weighted by Crippen LogP contribution is 2.42. The fourth-order valence-corrected chi connectivity index (χ4v) is 3.80. The molecule has 0 heterocycles. The maximum Gasteiger partial charge on any atom is 0.0214 e. The van der Waals surface area contributed by atoms with Gasteiger partial charge in [0.1, 0.15) is 0 Å². The Morgan fingerprint density at radius 2 is 1.40 bits per heavy atom. The number of hydrogen-bond donors (Lipinski definition) is 0. The van der Waals surface area contributed by atoms with E-state index in [0.717, 1.165) is 0 Å². The van der Waals surface area contributed by atoms with Gasteiger partial charge >= 0.3 is 0 Å². The molecule has 0 aromatic heterocycles. The molecule has 0 nitrogen and oxygen atoms in total. The molecule has 0 heteroatoms. The summed E-state index contributed by atoms with van der Waals surface area (Å²) >= 11 is 0. The smallest absolute Gasteiger partial charge is 0.0214 e. The molecule has 0 saturated carbocycles. The Morgan fingerprint density at radius 1 is 0.720 bits per heavy atom. The fraction of sp³-hybridized carbons (Fsp3) is 0.400. The number of hydrogen-bond acceptors (Lipinski definition) is 0. The first-order valence-corrected chi connectivity index (χ1v) is 10.0. The lowest BCUT2D eigenvalue weighted by Crippen LogP contribution is -1.88. The van der Waals surface area contributed by atoms with Crippen molar-refractivity contribution in [1.29, 1.82) is 0 Å². The molecule has 0 unspecified atom stereocenters. The average molecular weight is 332 g/mol. The van der Waals surface area contributed by atoms with Crippen molar-refractivity contribution in [3.8, 4) is 0 Å². The predicted octanol–water partition coefficient (Wildman–Crippen LogP) is 7.61. The van der Waals surface area contributed by atoms with Crippen molar-refractivity contribution in [1.82, 2.24) is 0 Å². The molecule has 0 fully saturated rings. The van der Waals surface area contributed by atoms with Crippen LogP contribution in [0.3, 0.4) is 0 Å². The van der Waals surface area contributed by atoms with Crippen LogP contribution in [0.1, 0.15) is 80.5 Å². The van der Waals surface area contributed by atoms with Gasteiger partial charge in [0.05, 0.1) is 0 Å². The number of unbranched alkanes of at least 4 members (excludes halogenated alkanes) is 6. The molecule has 0 spiro atoms. The molecule has 1 radical (unpaired) electrons.